The lowest BCUT2D eigenvalue weighted by atomic mass is 9.83. The van der Waals surface area contributed by atoms with Crippen molar-refractivity contribution in [3.8, 4) is 5.69 Å². The van der Waals surface area contributed by atoms with Gasteiger partial charge in [0.05, 0.1) is 29.4 Å². The standard InChI is InChI=1S/C25H25F3N4O2/c26-25(27,28)17-5-7-18(8-6-17)30-24(34)31-11-9-16(10-12-31)23(33)13-20-19-3-1-2-4-21(19)32-15-29-14-22(20)32/h1-8,14-16,20,23,33H,9-13H2,(H,30,34). The number of likely N-dealkylation sites (tertiary alicyclic amines) is 1. The van der Waals surface area contributed by atoms with Crippen molar-refractivity contribution >= 4 is 11.7 Å². The number of hydrogen-bond acceptors (Lipinski definition) is 3. The van der Waals surface area contributed by atoms with E-state index in [2.05, 4.69) is 27.0 Å². The molecule has 1 saturated heterocycles. The molecule has 1 fully saturated rings. The first-order valence-electron chi connectivity index (χ1n) is 11.3. The summed E-state index contributed by atoms with van der Waals surface area (Å²) in [6.45, 7) is 0.959. The van der Waals surface area contributed by atoms with Crippen molar-refractivity contribution in [3.63, 3.8) is 0 Å². The number of rotatable bonds is 4. The monoisotopic (exact) mass is 470 g/mol. The molecule has 2 amide bonds. The molecule has 2 N–H and O–H groups in total. The number of piperidine rings is 1. The van der Waals surface area contributed by atoms with Gasteiger partial charge in [0.15, 0.2) is 0 Å². The second-order valence-electron chi connectivity index (χ2n) is 8.93. The molecule has 2 aliphatic rings. The van der Waals surface area contributed by atoms with Gasteiger partial charge in [0.25, 0.3) is 0 Å². The average molecular weight is 470 g/mol. The molecular formula is C25H25F3N4O2. The van der Waals surface area contributed by atoms with Crippen LogP contribution >= 0.6 is 0 Å². The Hall–Kier alpha value is -3.33. The highest BCUT2D eigenvalue weighted by atomic mass is 19.4. The zero-order chi connectivity index (χ0) is 23.9. The Balaban J connectivity index is 1.16. The first-order chi connectivity index (χ1) is 16.3. The van der Waals surface area contributed by atoms with Crippen LogP contribution in [0.3, 0.4) is 0 Å². The summed E-state index contributed by atoms with van der Waals surface area (Å²) < 4.78 is 40.2. The number of nitrogens with one attached hydrogen (secondary N) is 1. The third-order valence-corrected chi connectivity index (χ3v) is 6.91. The number of carbonyl (C=O) groups excluding carboxylic acids is 1. The normalized spacial score (nSPS) is 18.9. The molecule has 3 aromatic rings. The quantitative estimate of drug-likeness (QED) is 0.562. The molecule has 0 radical (unpaired) electrons. The molecule has 0 bridgehead atoms. The van der Waals surface area contributed by atoms with Gasteiger partial charge in [0.2, 0.25) is 0 Å². The van der Waals surface area contributed by atoms with Crippen molar-refractivity contribution in [2.24, 2.45) is 5.92 Å². The van der Waals surface area contributed by atoms with Gasteiger partial charge in [0, 0.05) is 30.9 Å². The van der Waals surface area contributed by atoms with Crippen LogP contribution in [0.25, 0.3) is 5.69 Å². The van der Waals surface area contributed by atoms with Crippen LogP contribution in [0.4, 0.5) is 23.7 Å². The van der Waals surface area contributed by atoms with Crippen molar-refractivity contribution in [2.45, 2.75) is 37.5 Å². The Morgan fingerprint density at radius 1 is 1.12 bits per heavy atom. The maximum absolute atomic E-state index is 12.7. The van der Waals surface area contributed by atoms with E-state index in [0.29, 0.717) is 38.0 Å². The van der Waals surface area contributed by atoms with Crippen molar-refractivity contribution in [2.75, 3.05) is 18.4 Å². The van der Waals surface area contributed by atoms with Crippen LogP contribution in [-0.4, -0.2) is 44.8 Å². The number of anilines is 1. The highest BCUT2D eigenvalue weighted by Gasteiger charge is 2.34. The summed E-state index contributed by atoms with van der Waals surface area (Å²) in [4.78, 5) is 18.5. The molecular weight excluding hydrogens is 445 g/mol. The number of hydrogen-bond donors (Lipinski definition) is 2. The second-order valence-corrected chi connectivity index (χ2v) is 8.93. The number of fused-ring (bicyclic) bond motifs is 3. The van der Waals surface area contributed by atoms with E-state index in [9.17, 15) is 23.1 Å². The summed E-state index contributed by atoms with van der Waals surface area (Å²) in [6, 6.07) is 12.2. The number of aliphatic hydroxyl groups is 1. The second kappa shape index (κ2) is 8.79. The Labute approximate surface area is 195 Å². The molecule has 6 nitrogen and oxygen atoms in total. The lowest BCUT2D eigenvalue weighted by molar-refractivity contribution is -0.137. The molecule has 1 aromatic heterocycles. The molecule has 34 heavy (non-hydrogen) atoms. The van der Waals surface area contributed by atoms with Crippen molar-refractivity contribution in [1.82, 2.24) is 14.5 Å². The molecule has 3 heterocycles. The van der Waals surface area contributed by atoms with Crippen LogP contribution in [0.5, 0.6) is 0 Å². The number of aliphatic hydroxyl groups excluding tert-OH is 1. The van der Waals surface area contributed by atoms with Gasteiger partial charge >= 0.3 is 12.2 Å². The van der Waals surface area contributed by atoms with E-state index in [1.807, 2.05) is 18.3 Å². The average Bonchev–Trinajstić information content (AvgIpc) is 3.41. The number of aromatic nitrogens is 2. The number of alkyl halides is 3. The number of halogens is 3. The van der Waals surface area contributed by atoms with E-state index in [1.54, 1.807) is 11.2 Å². The fourth-order valence-corrected chi connectivity index (χ4v) is 5.04. The first kappa shape index (κ1) is 22.5. The highest BCUT2D eigenvalue weighted by molar-refractivity contribution is 5.89. The predicted octanol–water partition coefficient (Wildman–Crippen LogP) is 5.03. The van der Waals surface area contributed by atoms with E-state index in [1.165, 1.54) is 17.7 Å². The maximum atomic E-state index is 12.7. The summed E-state index contributed by atoms with van der Waals surface area (Å²) >= 11 is 0. The molecule has 5 rings (SSSR count). The topological polar surface area (TPSA) is 70.4 Å². The number of urea groups is 1. The summed E-state index contributed by atoms with van der Waals surface area (Å²) in [5, 5.41) is 13.7. The summed E-state index contributed by atoms with van der Waals surface area (Å²) in [5.41, 5.74) is 2.92. The Morgan fingerprint density at radius 3 is 2.53 bits per heavy atom. The van der Waals surface area contributed by atoms with Crippen LogP contribution < -0.4 is 5.32 Å². The largest absolute Gasteiger partial charge is 0.416 e. The van der Waals surface area contributed by atoms with Gasteiger partial charge < -0.3 is 19.9 Å². The third-order valence-electron chi connectivity index (χ3n) is 6.91. The van der Waals surface area contributed by atoms with Gasteiger partial charge in [-0.2, -0.15) is 13.2 Å². The predicted molar refractivity (Wildman–Crippen MR) is 121 cm³/mol. The smallest absolute Gasteiger partial charge is 0.393 e. The van der Waals surface area contributed by atoms with Crippen LogP contribution in [0.15, 0.2) is 61.1 Å². The van der Waals surface area contributed by atoms with Crippen LogP contribution in [0, 0.1) is 5.92 Å². The highest BCUT2D eigenvalue weighted by Crippen LogP contribution is 2.41. The number of benzene rings is 2. The van der Waals surface area contributed by atoms with Crippen LogP contribution in [0.2, 0.25) is 0 Å². The number of para-hydroxylation sites is 1. The van der Waals surface area contributed by atoms with Gasteiger partial charge in [-0.25, -0.2) is 9.78 Å². The van der Waals surface area contributed by atoms with Gasteiger partial charge in [-0.05, 0) is 61.1 Å². The Kier molecular flexibility index (Phi) is 5.81. The van der Waals surface area contributed by atoms with Crippen molar-refractivity contribution in [1.29, 1.82) is 0 Å². The summed E-state index contributed by atoms with van der Waals surface area (Å²) in [5.74, 6) is 0.147. The van der Waals surface area contributed by atoms with E-state index < -0.39 is 17.8 Å². The maximum Gasteiger partial charge on any atom is 0.416 e. The lowest BCUT2D eigenvalue weighted by Gasteiger charge is -2.35. The zero-order valence-electron chi connectivity index (χ0n) is 18.4. The number of carbonyl (C=O) groups is 1. The van der Waals surface area contributed by atoms with E-state index in [4.69, 9.17) is 0 Å². The van der Waals surface area contributed by atoms with Crippen molar-refractivity contribution in [3.05, 3.63) is 77.9 Å². The SMILES string of the molecule is O=C(Nc1ccc(C(F)(F)F)cc1)N1CCC(C(O)CC2c3ccccc3-n3cncc32)CC1. The van der Waals surface area contributed by atoms with Gasteiger partial charge in [0.1, 0.15) is 0 Å². The number of imidazole rings is 1. The van der Waals surface area contributed by atoms with Crippen LogP contribution in [-0.2, 0) is 6.18 Å². The minimum absolute atomic E-state index is 0.0688. The third kappa shape index (κ3) is 4.27. The van der Waals surface area contributed by atoms with E-state index in [-0.39, 0.29) is 17.9 Å². The molecule has 2 atom stereocenters. The van der Waals surface area contributed by atoms with E-state index in [0.717, 1.165) is 23.5 Å². The Morgan fingerprint density at radius 2 is 1.82 bits per heavy atom. The van der Waals surface area contributed by atoms with E-state index >= 15 is 0 Å². The van der Waals surface area contributed by atoms with Gasteiger partial charge in [-0.1, -0.05) is 18.2 Å². The molecule has 0 saturated carbocycles. The zero-order valence-corrected chi connectivity index (χ0v) is 18.4. The molecule has 2 aromatic carbocycles. The lowest BCUT2D eigenvalue weighted by Crippen LogP contribution is -2.43. The summed E-state index contributed by atoms with van der Waals surface area (Å²) in [7, 11) is 0. The Bertz CT molecular complexity index is 1170. The fourth-order valence-electron chi connectivity index (χ4n) is 5.04. The number of nitrogens with zero attached hydrogens (tertiary/aromatic N) is 3. The molecule has 2 unspecified atom stereocenters. The molecule has 0 spiro atoms. The minimum Gasteiger partial charge on any atom is -0.393 e. The van der Waals surface area contributed by atoms with Crippen LogP contribution in [0.1, 0.15) is 42.0 Å². The number of amides is 2. The molecule has 2 aliphatic heterocycles. The molecule has 9 heteroatoms. The van der Waals surface area contributed by atoms with Gasteiger partial charge in [-0.3, -0.25) is 0 Å². The first-order valence-corrected chi connectivity index (χ1v) is 11.3. The minimum atomic E-state index is -4.41. The molecule has 178 valence electrons. The molecule has 0 aliphatic carbocycles. The van der Waals surface area contributed by atoms with Gasteiger partial charge in [-0.15, -0.1) is 0 Å². The fraction of sp³-hybridized carbons (Fsp3) is 0.360. The van der Waals surface area contributed by atoms with Crippen molar-refractivity contribution < 1.29 is 23.1 Å². The summed E-state index contributed by atoms with van der Waals surface area (Å²) in [6.07, 6.45) is 0.639.